The van der Waals surface area contributed by atoms with E-state index in [9.17, 15) is 12.8 Å². The van der Waals surface area contributed by atoms with Gasteiger partial charge in [0.15, 0.2) is 0 Å². The number of halogens is 1. The van der Waals surface area contributed by atoms with Crippen molar-refractivity contribution in [2.24, 2.45) is 7.05 Å². The Morgan fingerprint density at radius 2 is 2.27 bits per heavy atom. The molecule has 0 aliphatic carbocycles. The van der Waals surface area contributed by atoms with Crippen LogP contribution >= 0.6 is 0 Å². The summed E-state index contributed by atoms with van der Waals surface area (Å²) in [4.78, 5) is 2.94. The highest BCUT2D eigenvalue weighted by molar-refractivity contribution is 7.85. The zero-order valence-electron chi connectivity index (χ0n) is 5.52. The Labute approximate surface area is 62.2 Å². The lowest BCUT2D eigenvalue weighted by Crippen LogP contribution is -1.97. The average Bonchev–Trinajstić information content (AvgIpc) is 2.11. The first kappa shape index (κ1) is 8.15. The predicted molar refractivity (Wildman–Crippen MR) is 33.0 cm³/mol. The number of imidazole rings is 1. The van der Waals surface area contributed by atoms with E-state index in [1.54, 1.807) is 0 Å². The van der Waals surface area contributed by atoms with Gasteiger partial charge < -0.3 is 4.57 Å². The van der Waals surface area contributed by atoms with Crippen molar-refractivity contribution in [2.45, 2.75) is 5.03 Å². The van der Waals surface area contributed by atoms with Crippen molar-refractivity contribution in [3.8, 4) is 0 Å². The molecule has 1 heterocycles. The van der Waals surface area contributed by atoms with E-state index in [2.05, 4.69) is 4.98 Å². The van der Waals surface area contributed by atoms with Crippen LogP contribution in [0.4, 0.5) is 4.39 Å². The fourth-order valence-electron chi connectivity index (χ4n) is 0.542. The quantitative estimate of drug-likeness (QED) is 0.608. The maximum Gasteiger partial charge on any atom is 0.313 e. The molecule has 0 aliphatic heterocycles. The molecule has 0 radical (unpaired) electrons. The first-order valence-electron chi connectivity index (χ1n) is 2.57. The largest absolute Gasteiger partial charge is 0.313 e. The first-order chi connectivity index (χ1) is 4.91. The molecule has 0 saturated heterocycles. The molecule has 62 valence electrons. The van der Waals surface area contributed by atoms with Crippen molar-refractivity contribution in [3.63, 3.8) is 0 Å². The fraction of sp³-hybridized carbons (Fsp3) is 0.250. The topological polar surface area (TPSA) is 72.2 Å². The van der Waals surface area contributed by atoms with E-state index in [0.29, 0.717) is 0 Å². The summed E-state index contributed by atoms with van der Waals surface area (Å²) in [5, 5.41) is -0.683. The summed E-state index contributed by atoms with van der Waals surface area (Å²) in [7, 11) is -3.10. The summed E-state index contributed by atoms with van der Waals surface area (Å²) in [6.07, 6.45) is -0.0809. The van der Waals surface area contributed by atoms with Gasteiger partial charge in [0.05, 0.1) is 0 Å². The van der Waals surface area contributed by atoms with Gasteiger partial charge in [-0.05, 0) is 0 Å². The van der Waals surface area contributed by atoms with Gasteiger partial charge in [-0.3, -0.25) is 4.55 Å². The van der Waals surface area contributed by atoms with Gasteiger partial charge in [-0.2, -0.15) is 17.8 Å². The Kier molecular flexibility index (Phi) is 1.69. The van der Waals surface area contributed by atoms with E-state index >= 15 is 0 Å². The van der Waals surface area contributed by atoms with Crippen LogP contribution in [0.15, 0.2) is 11.2 Å². The van der Waals surface area contributed by atoms with Crippen molar-refractivity contribution in [2.75, 3.05) is 0 Å². The monoisotopic (exact) mass is 180 g/mol. The highest BCUT2D eigenvalue weighted by atomic mass is 32.2. The van der Waals surface area contributed by atoms with E-state index < -0.39 is 21.2 Å². The fourth-order valence-corrected chi connectivity index (χ4v) is 1.02. The minimum absolute atomic E-state index is 0.683. The second kappa shape index (κ2) is 2.28. The summed E-state index contributed by atoms with van der Waals surface area (Å²) in [6, 6.07) is 0. The first-order valence-corrected chi connectivity index (χ1v) is 4.01. The highest BCUT2D eigenvalue weighted by Crippen LogP contribution is 2.05. The molecular formula is C4H5FN2O3S. The molecule has 1 N–H and O–H groups in total. The van der Waals surface area contributed by atoms with Gasteiger partial charge in [-0.1, -0.05) is 0 Å². The van der Waals surface area contributed by atoms with Crippen LogP contribution in [0.3, 0.4) is 0 Å². The molecule has 0 unspecified atom stereocenters. The van der Waals surface area contributed by atoms with E-state index in [1.807, 2.05) is 0 Å². The number of hydrogen-bond donors (Lipinski definition) is 1. The third-order valence-corrected chi connectivity index (χ3v) is 1.79. The number of rotatable bonds is 1. The standard InChI is InChI=1S/C4H5FN2O3S/c1-7-2-3(6-4(7)5)11(8,9)10/h2H,1H3,(H,8,9,10). The lowest BCUT2D eigenvalue weighted by molar-refractivity contribution is 0.473. The molecule has 1 rings (SSSR count). The molecule has 11 heavy (non-hydrogen) atoms. The number of hydrogen-bond acceptors (Lipinski definition) is 3. The molecule has 0 aliphatic rings. The lowest BCUT2D eigenvalue weighted by Gasteiger charge is -1.85. The van der Waals surface area contributed by atoms with Crippen LogP contribution in [0.1, 0.15) is 0 Å². The summed E-state index contributed by atoms with van der Waals surface area (Å²) in [5.41, 5.74) is 0. The molecule has 0 fully saturated rings. The molecular weight excluding hydrogens is 175 g/mol. The Morgan fingerprint density at radius 3 is 2.45 bits per heavy atom. The van der Waals surface area contributed by atoms with Crippen molar-refractivity contribution >= 4 is 10.1 Å². The molecule has 0 bridgehead atoms. The maximum absolute atomic E-state index is 12.3. The summed E-state index contributed by atoms with van der Waals surface area (Å²) >= 11 is 0. The highest BCUT2D eigenvalue weighted by Gasteiger charge is 2.15. The summed E-state index contributed by atoms with van der Waals surface area (Å²) < 4.78 is 42.2. The van der Waals surface area contributed by atoms with Gasteiger partial charge >= 0.3 is 10.1 Å². The Hall–Kier alpha value is -0.950. The Bertz CT molecular complexity index is 349. The van der Waals surface area contributed by atoms with E-state index in [4.69, 9.17) is 4.55 Å². The van der Waals surface area contributed by atoms with Gasteiger partial charge in [0.2, 0.25) is 5.03 Å². The van der Waals surface area contributed by atoms with Crippen molar-refractivity contribution in [1.29, 1.82) is 0 Å². The number of aryl methyl sites for hydroxylation is 1. The summed E-state index contributed by atoms with van der Waals surface area (Å²) in [6.45, 7) is 0. The van der Waals surface area contributed by atoms with Crippen LogP contribution in [-0.4, -0.2) is 22.5 Å². The van der Waals surface area contributed by atoms with Crippen LogP contribution in [-0.2, 0) is 17.2 Å². The molecule has 0 amide bonds. The van der Waals surface area contributed by atoms with Crippen molar-refractivity contribution in [1.82, 2.24) is 9.55 Å². The second-order valence-corrected chi connectivity index (χ2v) is 3.30. The van der Waals surface area contributed by atoms with Crippen LogP contribution in [0.5, 0.6) is 0 Å². The number of nitrogens with zero attached hydrogens (tertiary/aromatic N) is 2. The van der Waals surface area contributed by atoms with E-state index in [1.165, 1.54) is 7.05 Å². The molecule has 1 aromatic heterocycles. The second-order valence-electron chi connectivity index (χ2n) is 1.93. The van der Waals surface area contributed by atoms with Gasteiger partial charge in [-0.15, -0.1) is 0 Å². The smallest absolute Gasteiger partial charge is 0.309 e. The SMILES string of the molecule is Cn1cc(S(=O)(=O)O)nc1F. The van der Waals surface area contributed by atoms with Crippen molar-refractivity contribution < 1.29 is 17.4 Å². The molecule has 0 atom stereocenters. The lowest BCUT2D eigenvalue weighted by atomic mass is 10.9. The molecule has 5 nitrogen and oxygen atoms in total. The minimum atomic E-state index is -4.38. The maximum atomic E-state index is 12.3. The molecule has 0 saturated carbocycles. The molecule has 1 aromatic rings. The Morgan fingerprint density at radius 1 is 1.73 bits per heavy atom. The summed E-state index contributed by atoms with van der Waals surface area (Å²) in [5.74, 6) is 0. The van der Waals surface area contributed by atoms with Crippen molar-refractivity contribution in [3.05, 3.63) is 12.3 Å². The van der Waals surface area contributed by atoms with E-state index in [-0.39, 0.29) is 0 Å². The third kappa shape index (κ3) is 1.55. The van der Waals surface area contributed by atoms with Gasteiger partial charge in [0.1, 0.15) is 0 Å². The minimum Gasteiger partial charge on any atom is -0.309 e. The normalized spacial score (nSPS) is 11.9. The molecule has 0 spiro atoms. The molecule has 7 heteroatoms. The van der Waals surface area contributed by atoms with Crippen LogP contribution < -0.4 is 0 Å². The zero-order valence-corrected chi connectivity index (χ0v) is 6.34. The van der Waals surface area contributed by atoms with Crippen LogP contribution in [0.2, 0.25) is 0 Å². The third-order valence-electron chi connectivity index (χ3n) is 1.06. The number of aromatic nitrogens is 2. The average molecular weight is 180 g/mol. The predicted octanol–water partition coefficient (Wildman–Crippen LogP) is -0.194. The van der Waals surface area contributed by atoms with Crippen LogP contribution in [0.25, 0.3) is 0 Å². The van der Waals surface area contributed by atoms with Gasteiger partial charge in [-0.25, -0.2) is 0 Å². The van der Waals surface area contributed by atoms with Gasteiger partial charge in [0, 0.05) is 13.2 Å². The zero-order chi connectivity index (χ0) is 8.65. The Balaban J connectivity index is 3.29. The van der Waals surface area contributed by atoms with Crippen LogP contribution in [0, 0.1) is 6.08 Å². The molecule has 0 aromatic carbocycles. The van der Waals surface area contributed by atoms with Gasteiger partial charge in [0.25, 0.3) is 6.08 Å². The van der Waals surface area contributed by atoms with E-state index in [0.717, 1.165) is 10.8 Å².